The second-order valence-electron chi connectivity index (χ2n) is 8.08. The third kappa shape index (κ3) is 3.48. The van der Waals surface area contributed by atoms with Crippen molar-refractivity contribution in [2.75, 3.05) is 36.0 Å². The molecule has 0 saturated carbocycles. The Bertz CT molecular complexity index is 1200. The fourth-order valence-corrected chi connectivity index (χ4v) is 4.63. The molecule has 8 nitrogen and oxygen atoms in total. The summed E-state index contributed by atoms with van der Waals surface area (Å²) in [5.74, 6) is -0.343. The smallest absolute Gasteiger partial charge is 0.269 e. The topological polar surface area (TPSA) is 87.0 Å². The Labute approximate surface area is 184 Å². The van der Waals surface area contributed by atoms with E-state index >= 15 is 0 Å². The van der Waals surface area contributed by atoms with Crippen molar-refractivity contribution in [2.45, 2.75) is 12.5 Å². The highest BCUT2D eigenvalue weighted by atomic mass is 16.6. The summed E-state index contributed by atoms with van der Waals surface area (Å²) in [5, 5.41) is 12.7. The van der Waals surface area contributed by atoms with Crippen LogP contribution >= 0.6 is 0 Å². The van der Waals surface area contributed by atoms with Crippen molar-refractivity contribution in [3.05, 3.63) is 76.8 Å². The number of nitro benzene ring substituents is 1. The molecule has 5 rings (SSSR count). The van der Waals surface area contributed by atoms with Crippen LogP contribution < -0.4 is 9.80 Å². The van der Waals surface area contributed by atoms with Gasteiger partial charge in [-0.05, 0) is 23.6 Å². The third-order valence-corrected chi connectivity index (χ3v) is 6.31. The molecule has 0 bridgehead atoms. The number of hydrogen-bond acceptors (Lipinski definition) is 6. The lowest BCUT2D eigenvalue weighted by atomic mass is 10.1. The molecule has 2 aliphatic heterocycles. The summed E-state index contributed by atoms with van der Waals surface area (Å²) in [5.41, 5.74) is 1.63. The second kappa shape index (κ2) is 8.05. The maximum Gasteiger partial charge on any atom is 0.269 e. The number of nitro groups is 1. The summed E-state index contributed by atoms with van der Waals surface area (Å²) >= 11 is 0. The molecule has 3 aromatic carbocycles. The average Bonchev–Trinajstić information content (AvgIpc) is 3.12. The van der Waals surface area contributed by atoms with Crippen molar-refractivity contribution in [3.8, 4) is 0 Å². The van der Waals surface area contributed by atoms with E-state index in [-0.39, 0.29) is 23.9 Å². The molecule has 2 aliphatic rings. The van der Waals surface area contributed by atoms with Gasteiger partial charge in [-0.2, -0.15) is 0 Å². The monoisotopic (exact) mass is 430 g/mol. The average molecular weight is 430 g/mol. The lowest BCUT2D eigenvalue weighted by Gasteiger charge is -2.38. The van der Waals surface area contributed by atoms with Gasteiger partial charge in [-0.3, -0.25) is 24.6 Å². The number of nitrogens with zero attached hydrogens (tertiary/aromatic N) is 4. The number of imide groups is 1. The fraction of sp³-hybridized carbons (Fsp3) is 0.250. The molecule has 1 atom stereocenters. The zero-order chi connectivity index (χ0) is 22.2. The van der Waals surface area contributed by atoms with Gasteiger partial charge in [0.2, 0.25) is 5.91 Å². The van der Waals surface area contributed by atoms with Crippen LogP contribution in [0, 0.1) is 10.1 Å². The third-order valence-electron chi connectivity index (χ3n) is 6.31. The molecule has 0 radical (unpaired) electrons. The molecule has 0 unspecified atom stereocenters. The summed E-state index contributed by atoms with van der Waals surface area (Å²) in [6.45, 7) is 2.65. The molecular weight excluding hydrogens is 408 g/mol. The van der Waals surface area contributed by atoms with Crippen LogP contribution in [-0.4, -0.2) is 53.9 Å². The van der Waals surface area contributed by atoms with Gasteiger partial charge in [0.05, 0.1) is 23.1 Å². The van der Waals surface area contributed by atoms with E-state index in [1.54, 1.807) is 12.1 Å². The van der Waals surface area contributed by atoms with E-state index in [1.807, 2.05) is 42.5 Å². The minimum Gasteiger partial charge on any atom is -0.369 e. The quantitative estimate of drug-likeness (QED) is 0.359. The normalized spacial score (nSPS) is 19.7. The van der Waals surface area contributed by atoms with Crippen molar-refractivity contribution in [3.63, 3.8) is 0 Å². The Morgan fingerprint density at radius 3 is 2.25 bits per heavy atom. The van der Waals surface area contributed by atoms with E-state index in [2.05, 4.69) is 9.80 Å². The molecule has 162 valence electrons. The van der Waals surface area contributed by atoms with Crippen LogP contribution in [-0.2, 0) is 9.59 Å². The predicted octanol–water partition coefficient (Wildman–Crippen LogP) is 3.20. The molecule has 0 aliphatic carbocycles. The van der Waals surface area contributed by atoms with Crippen molar-refractivity contribution in [1.82, 2.24) is 4.90 Å². The molecule has 0 spiro atoms. The highest BCUT2D eigenvalue weighted by molar-refractivity contribution is 6.25. The molecule has 2 amide bonds. The van der Waals surface area contributed by atoms with Gasteiger partial charge in [0.1, 0.15) is 0 Å². The largest absolute Gasteiger partial charge is 0.369 e. The van der Waals surface area contributed by atoms with Crippen LogP contribution in [0.3, 0.4) is 0 Å². The SMILES string of the molecule is O=C1C[C@@H](N2CCN(c3ccc([N+](=O)[O-])cc3)CC2)C(=O)N1c1cccc2ccccc12. The Balaban J connectivity index is 1.30. The van der Waals surface area contributed by atoms with Gasteiger partial charge in [-0.25, -0.2) is 4.90 Å². The van der Waals surface area contributed by atoms with Crippen LogP contribution in [0.4, 0.5) is 17.1 Å². The first-order valence-corrected chi connectivity index (χ1v) is 10.6. The predicted molar refractivity (Wildman–Crippen MR) is 122 cm³/mol. The maximum atomic E-state index is 13.3. The molecular formula is C24H22N4O4. The van der Waals surface area contributed by atoms with E-state index < -0.39 is 11.0 Å². The zero-order valence-corrected chi connectivity index (χ0v) is 17.4. The number of amides is 2. The summed E-state index contributed by atoms with van der Waals surface area (Å²) < 4.78 is 0. The van der Waals surface area contributed by atoms with E-state index in [9.17, 15) is 19.7 Å². The van der Waals surface area contributed by atoms with E-state index in [4.69, 9.17) is 0 Å². The number of anilines is 2. The van der Waals surface area contributed by atoms with Crippen LogP contribution in [0.15, 0.2) is 66.7 Å². The Morgan fingerprint density at radius 2 is 1.53 bits per heavy atom. The van der Waals surface area contributed by atoms with Gasteiger partial charge in [0, 0.05) is 49.4 Å². The first-order chi connectivity index (χ1) is 15.5. The molecule has 2 heterocycles. The first kappa shape index (κ1) is 20.1. The number of rotatable bonds is 4. The van der Waals surface area contributed by atoms with Crippen molar-refractivity contribution in [1.29, 1.82) is 0 Å². The molecule has 8 heteroatoms. The van der Waals surface area contributed by atoms with Crippen molar-refractivity contribution in [2.24, 2.45) is 0 Å². The number of carbonyl (C=O) groups excluding carboxylic acids is 2. The van der Waals surface area contributed by atoms with Gasteiger partial charge in [-0.15, -0.1) is 0 Å². The van der Waals surface area contributed by atoms with Gasteiger partial charge in [0.15, 0.2) is 0 Å². The molecule has 2 fully saturated rings. The molecule has 0 aromatic heterocycles. The Hall–Kier alpha value is -3.78. The number of fused-ring (bicyclic) bond motifs is 1. The van der Waals surface area contributed by atoms with Gasteiger partial charge < -0.3 is 4.90 Å². The number of non-ortho nitro benzene ring substituents is 1. The zero-order valence-electron chi connectivity index (χ0n) is 17.4. The lowest BCUT2D eigenvalue weighted by Crippen LogP contribution is -2.52. The number of hydrogen-bond donors (Lipinski definition) is 0. The number of carbonyl (C=O) groups is 2. The fourth-order valence-electron chi connectivity index (χ4n) is 4.63. The van der Waals surface area contributed by atoms with Crippen LogP contribution in [0.2, 0.25) is 0 Å². The van der Waals surface area contributed by atoms with Crippen molar-refractivity contribution >= 4 is 39.6 Å². The summed E-state index contributed by atoms with van der Waals surface area (Å²) in [6.07, 6.45) is 0.180. The minimum absolute atomic E-state index is 0.0657. The van der Waals surface area contributed by atoms with Crippen LogP contribution in [0.1, 0.15) is 6.42 Å². The first-order valence-electron chi connectivity index (χ1n) is 10.6. The second-order valence-corrected chi connectivity index (χ2v) is 8.08. The summed E-state index contributed by atoms with van der Waals surface area (Å²) in [4.78, 5) is 42.2. The highest BCUT2D eigenvalue weighted by Gasteiger charge is 2.43. The van der Waals surface area contributed by atoms with Gasteiger partial charge >= 0.3 is 0 Å². The summed E-state index contributed by atoms with van der Waals surface area (Å²) in [6, 6.07) is 19.5. The van der Waals surface area contributed by atoms with Gasteiger partial charge in [0.25, 0.3) is 11.6 Å². The summed E-state index contributed by atoms with van der Waals surface area (Å²) in [7, 11) is 0. The minimum atomic E-state index is -0.458. The number of piperazine rings is 1. The molecule has 2 saturated heterocycles. The van der Waals surface area contributed by atoms with Crippen LogP contribution in [0.5, 0.6) is 0 Å². The van der Waals surface area contributed by atoms with E-state index in [0.717, 1.165) is 16.5 Å². The van der Waals surface area contributed by atoms with E-state index in [1.165, 1.54) is 17.0 Å². The van der Waals surface area contributed by atoms with Gasteiger partial charge in [-0.1, -0.05) is 36.4 Å². The molecule has 0 N–H and O–H groups in total. The lowest BCUT2D eigenvalue weighted by molar-refractivity contribution is -0.384. The van der Waals surface area contributed by atoms with Crippen molar-refractivity contribution < 1.29 is 14.5 Å². The Morgan fingerprint density at radius 1 is 0.844 bits per heavy atom. The molecule has 32 heavy (non-hydrogen) atoms. The standard InChI is InChI=1S/C24H22N4O4/c29-23-16-22(24(30)27(23)21-7-3-5-17-4-1-2-6-20(17)21)26-14-12-25(13-15-26)18-8-10-19(11-9-18)28(31)32/h1-11,22H,12-16H2/t22-/m1/s1. The maximum absolute atomic E-state index is 13.3. The highest BCUT2D eigenvalue weighted by Crippen LogP contribution is 2.32. The van der Waals surface area contributed by atoms with E-state index in [0.29, 0.717) is 31.9 Å². The molecule has 3 aromatic rings. The van der Waals surface area contributed by atoms with Crippen LogP contribution in [0.25, 0.3) is 10.8 Å². The Kier molecular flexibility index (Phi) is 5.07. The number of benzene rings is 3.